The first-order valence-corrected chi connectivity index (χ1v) is 11.7. The summed E-state index contributed by atoms with van der Waals surface area (Å²) in [6.07, 6.45) is 2.71. The van der Waals surface area contributed by atoms with Gasteiger partial charge in [-0.25, -0.2) is 13.8 Å². The number of carbonyl (C=O) groups is 1. The third-order valence-electron chi connectivity index (χ3n) is 4.48. The van der Waals surface area contributed by atoms with Crippen LogP contribution in [-0.4, -0.2) is 26.8 Å². The first-order chi connectivity index (χ1) is 14.7. The minimum atomic E-state index is -3.53. The number of benzene rings is 3. The molecule has 0 unspecified atom stereocenters. The normalized spacial score (nSPS) is 11.5. The van der Waals surface area contributed by atoms with E-state index < -0.39 is 10.0 Å². The fourth-order valence-corrected chi connectivity index (χ4v) is 3.93. The molecule has 0 aromatic heterocycles. The topological polar surface area (TPSA) is 78.8 Å². The summed E-state index contributed by atoms with van der Waals surface area (Å²) >= 11 is 5.90. The van der Waals surface area contributed by atoms with Gasteiger partial charge < -0.3 is 0 Å². The van der Waals surface area contributed by atoms with E-state index in [-0.39, 0.29) is 12.5 Å². The molecule has 31 heavy (non-hydrogen) atoms. The Morgan fingerprint density at radius 2 is 1.74 bits per heavy atom. The van der Waals surface area contributed by atoms with Crippen molar-refractivity contribution >= 4 is 39.4 Å². The highest BCUT2D eigenvalue weighted by Gasteiger charge is 2.18. The number of hydrogen-bond acceptors (Lipinski definition) is 4. The Hall–Kier alpha value is -3.16. The van der Waals surface area contributed by atoms with Gasteiger partial charge in [0.1, 0.15) is 0 Å². The molecule has 0 saturated carbocycles. The number of anilines is 1. The quantitative estimate of drug-likeness (QED) is 0.424. The van der Waals surface area contributed by atoms with Crippen molar-refractivity contribution in [1.82, 2.24) is 5.43 Å². The number of rotatable bonds is 7. The van der Waals surface area contributed by atoms with Gasteiger partial charge in [0.15, 0.2) is 0 Å². The fraction of sp³-hybridized carbons (Fsp3) is 0.130. The highest BCUT2D eigenvalue weighted by molar-refractivity contribution is 7.92. The SMILES string of the molecule is Cc1cccc(/C=N/NC(=O)c2ccc(N(Cc3ccc(Cl)cc3)S(C)(=O)=O)cc2)c1. The number of nitrogens with one attached hydrogen (secondary N) is 1. The molecule has 0 saturated heterocycles. The van der Waals surface area contributed by atoms with E-state index >= 15 is 0 Å². The zero-order valence-corrected chi connectivity index (χ0v) is 18.7. The molecule has 0 heterocycles. The van der Waals surface area contributed by atoms with Crippen molar-refractivity contribution in [2.45, 2.75) is 13.5 Å². The van der Waals surface area contributed by atoms with Crippen LogP contribution in [0.15, 0.2) is 77.9 Å². The van der Waals surface area contributed by atoms with Crippen LogP contribution in [0.5, 0.6) is 0 Å². The first kappa shape index (κ1) is 22.5. The van der Waals surface area contributed by atoms with Crippen molar-refractivity contribution in [3.05, 3.63) is 100 Å². The number of halogens is 1. The van der Waals surface area contributed by atoms with E-state index in [2.05, 4.69) is 10.5 Å². The van der Waals surface area contributed by atoms with Crippen molar-refractivity contribution < 1.29 is 13.2 Å². The van der Waals surface area contributed by atoms with Crippen LogP contribution in [0.1, 0.15) is 27.0 Å². The molecule has 3 aromatic rings. The van der Waals surface area contributed by atoms with Gasteiger partial charge in [-0.2, -0.15) is 5.10 Å². The Bertz CT molecular complexity index is 1190. The maximum atomic E-state index is 12.3. The zero-order valence-electron chi connectivity index (χ0n) is 17.1. The number of nitrogens with zero attached hydrogens (tertiary/aromatic N) is 2. The maximum Gasteiger partial charge on any atom is 0.271 e. The Labute approximate surface area is 187 Å². The predicted octanol–water partition coefficient (Wildman–Crippen LogP) is 4.38. The van der Waals surface area contributed by atoms with Gasteiger partial charge in [-0.1, -0.05) is 53.6 Å². The van der Waals surface area contributed by atoms with Crippen LogP contribution in [0.25, 0.3) is 0 Å². The van der Waals surface area contributed by atoms with E-state index in [4.69, 9.17) is 11.6 Å². The van der Waals surface area contributed by atoms with Crippen LogP contribution in [-0.2, 0) is 16.6 Å². The molecular weight excluding hydrogens is 434 g/mol. The van der Waals surface area contributed by atoms with Crippen molar-refractivity contribution in [3.8, 4) is 0 Å². The number of hydrogen-bond donors (Lipinski definition) is 1. The van der Waals surface area contributed by atoms with Crippen LogP contribution in [0, 0.1) is 6.92 Å². The van der Waals surface area contributed by atoms with Gasteiger partial charge in [-0.3, -0.25) is 9.10 Å². The molecule has 0 radical (unpaired) electrons. The molecule has 0 bridgehead atoms. The van der Waals surface area contributed by atoms with Gasteiger partial charge in [0.05, 0.1) is 24.7 Å². The highest BCUT2D eigenvalue weighted by atomic mass is 35.5. The Morgan fingerprint density at radius 1 is 1.06 bits per heavy atom. The second-order valence-electron chi connectivity index (χ2n) is 7.06. The third kappa shape index (κ3) is 6.41. The number of sulfonamides is 1. The van der Waals surface area contributed by atoms with Gasteiger partial charge >= 0.3 is 0 Å². The van der Waals surface area contributed by atoms with Crippen molar-refractivity contribution in [2.75, 3.05) is 10.6 Å². The lowest BCUT2D eigenvalue weighted by Gasteiger charge is -2.22. The lowest BCUT2D eigenvalue weighted by molar-refractivity contribution is 0.0955. The third-order valence-corrected chi connectivity index (χ3v) is 5.87. The minimum Gasteiger partial charge on any atom is -0.267 e. The summed E-state index contributed by atoms with van der Waals surface area (Å²) in [5, 5.41) is 4.56. The minimum absolute atomic E-state index is 0.155. The molecule has 0 aliphatic rings. The van der Waals surface area contributed by atoms with E-state index in [0.29, 0.717) is 16.3 Å². The van der Waals surface area contributed by atoms with E-state index in [0.717, 1.165) is 22.9 Å². The van der Waals surface area contributed by atoms with E-state index in [9.17, 15) is 13.2 Å². The summed E-state index contributed by atoms with van der Waals surface area (Å²) < 4.78 is 25.9. The average molecular weight is 456 g/mol. The van der Waals surface area contributed by atoms with Crippen molar-refractivity contribution in [1.29, 1.82) is 0 Å². The van der Waals surface area contributed by atoms with E-state index in [1.807, 2.05) is 31.2 Å². The number of hydrazone groups is 1. The summed E-state index contributed by atoms with van der Waals surface area (Å²) in [6, 6.07) is 21.0. The lowest BCUT2D eigenvalue weighted by Crippen LogP contribution is -2.29. The molecule has 0 aliphatic heterocycles. The molecule has 6 nitrogen and oxygen atoms in total. The van der Waals surface area contributed by atoms with E-state index in [1.165, 1.54) is 4.31 Å². The molecule has 0 atom stereocenters. The molecule has 3 aromatic carbocycles. The number of aryl methyl sites for hydroxylation is 1. The van der Waals surface area contributed by atoms with Crippen LogP contribution < -0.4 is 9.73 Å². The Balaban J connectivity index is 1.71. The zero-order chi connectivity index (χ0) is 22.4. The van der Waals surface area contributed by atoms with Crippen LogP contribution in [0.4, 0.5) is 5.69 Å². The molecule has 1 N–H and O–H groups in total. The molecule has 1 amide bonds. The van der Waals surface area contributed by atoms with Gasteiger partial charge in [0.25, 0.3) is 5.91 Å². The van der Waals surface area contributed by atoms with Crippen molar-refractivity contribution in [3.63, 3.8) is 0 Å². The largest absolute Gasteiger partial charge is 0.271 e. The fourth-order valence-electron chi connectivity index (χ4n) is 2.92. The molecule has 0 aliphatic carbocycles. The number of amides is 1. The van der Waals surface area contributed by atoms with Crippen LogP contribution in [0.2, 0.25) is 5.02 Å². The second kappa shape index (κ2) is 9.76. The maximum absolute atomic E-state index is 12.3. The summed E-state index contributed by atoms with van der Waals surface area (Å²) in [4.78, 5) is 12.3. The Kier molecular flexibility index (Phi) is 7.09. The lowest BCUT2D eigenvalue weighted by atomic mass is 10.1. The molecule has 0 fully saturated rings. The van der Waals surface area contributed by atoms with Gasteiger partial charge in [-0.05, 0) is 54.4 Å². The molecule has 0 spiro atoms. The standard InChI is InChI=1S/C23H22ClN3O3S/c1-17-4-3-5-19(14-17)15-25-26-23(28)20-8-12-22(13-9-20)27(31(2,29)30)16-18-6-10-21(24)11-7-18/h3-15H,16H2,1-2H3,(H,26,28)/b25-15+. The summed E-state index contributed by atoms with van der Waals surface area (Å²) in [6.45, 7) is 2.13. The van der Waals surface area contributed by atoms with Crippen LogP contribution in [0.3, 0.4) is 0 Å². The smallest absolute Gasteiger partial charge is 0.267 e. The summed E-state index contributed by atoms with van der Waals surface area (Å²) in [7, 11) is -3.53. The number of carbonyl (C=O) groups excluding carboxylic acids is 1. The first-order valence-electron chi connectivity index (χ1n) is 9.45. The van der Waals surface area contributed by atoms with Crippen LogP contribution >= 0.6 is 11.6 Å². The van der Waals surface area contributed by atoms with Gasteiger partial charge in [0, 0.05) is 10.6 Å². The summed E-state index contributed by atoms with van der Waals surface area (Å²) in [5.41, 5.74) is 6.07. The molecule has 160 valence electrons. The summed E-state index contributed by atoms with van der Waals surface area (Å²) in [5.74, 6) is -0.390. The van der Waals surface area contributed by atoms with Crippen molar-refractivity contribution in [2.24, 2.45) is 5.10 Å². The average Bonchev–Trinajstić information content (AvgIpc) is 2.72. The van der Waals surface area contributed by atoms with Gasteiger partial charge in [-0.15, -0.1) is 0 Å². The van der Waals surface area contributed by atoms with Gasteiger partial charge in [0.2, 0.25) is 10.0 Å². The monoisotopic (exact) mass is 455 g/mol. The molecular formula is C23H22ClN3O3S. The molecule has 3 rings (SSSR count). The highest BCUT2D eigenvalue weighted by Crippen LogP contribution is 2.22. The Morgan fingerprint density at radius 3 is 2.35 bits per heavy atom. The second-order valence-corrected chi connectivity index (χ2v) is 9.40. The predicted molar refractivity (Wildman–Crippen MR) is 125 cm³/mol. The molecule has 8 heteroatoms. The van der Waals surface area contributed by atoms with E-state index in [1.54, 1.807) is 54.7 Å².